The minimum Gasteiger partial charge on any atom is -0.381 e. The fourth-order valence-corrected chi connectivity index (χ4v) is 3.25. The SMILES string of the molecule is CN=C(NCCCOCC1CCOC1)NCC1CCCN(C)C1. The van der Waals surface area contributed by atoms with E-state index >= 15 is 0 Å². The van der Waals surface area contributed by atoms with Crippen LogP contribution >= 0.6 is 0 Å². The zero-order valence-corrected chi connectivity index (χ0v) is 14.9. The Bertz CT molecular complexity index is 345. The molecule has 2 rings (SSSR count). The standard InChI is InChI=1S/C17H34N4O2/c1-18-17(20-11-15-5-3-8-21(2)12-15)19-7-4-9-22-13-16-6-10-23-14-16/h15-16H,3-14H2,1-2H3,(H2,18,19,20). The van der Waals surface area contributed by atoms with Gasteiger partial charge in [0.1, 0.15) is 0 Å². The number of rotatable bonds is 8. The molecule has 2 atom stereocenters. The topological polar surface area (TPSA) is 58.1 Å². The van der Waals surface area contributed by atoms with Crippen LogP contribution in [0.25, 0.3) is 0 Å². The number of nitrogens with one attached hydrogen (secondary N) is 2. The van der Waals surface area contributed by atoms with E-state index in [0.717, 1.165) is 64.2 Å². The summed E-state index contributed by atoms with van der Waals surface area (Å²) in [7, 11) is 4.04. The van der Waals surface area contributed by atoms with Crippen LogP contribution in [0.3, 0.4) is 0 Å². The highest BCUT2D eigenvalue weighted by Gasteiger charge is 2.17. The minimum absolute atomic E-state index is 0.603. The fraction of sp³-hybridized carbons (Fsp3) is 0.941. The molecule has 0 aliphatic carbocycles. The fourth-order valence-electron chi connectivity index (χ4n) is 3.25. The lowest BCUT2D eigenvalue weighted by atomic mass is 9.99. The van der Waals surface area contributed by atoms with E-state index in [0.29, 0.717) is 5.92 Å². The average Bonchev–Trinajstić information content (AvgIpc) is 3.07. The van der Waals surface area contributed by atoms with Crippen molar-refractivity contribution < 1.29 is 9.47 Å². The number of nitrogens with zero attached hydrogens (tertiary/aromatic N) is 2. The van der Waals surface area contributed by atoms with E-state index in [1.165, 1.54) is 25.9 Å². The minimum atomic E-state index is 0.603. The zero-order chi connectivity index (χ0) is 16.3. The number of hydrogen-bond acceptors (Lipinski definition) is 4. The quantitative estimate of drug-likeness (QED) is 0.395. The second-order valence-corrected chi connectivity index (χ2v) is 6.81. The van der Waals surface area contributed by atoms with Crippen molar-refractivity contribution in [2.75, 3.05) is 66.7 Å². The number of guanidine groups is 1. The molecule has 0 aromatic carbocycles. The van der Waals surface area contributed by atoms with Crippen molar-refractivity contribution >= 4 is 5.96 Å². The highest BCUT2D eigenvalue weighted by atomic mass is 16.5. The summed E-state index contributed by atoms with van der Waals surface area (Å²) in [5.41, 5.74) is 0. The lowest BCUT2D eigenvalue weighted by Crippen LogP contribution is -2.43. The Hall–Kier alpha value is -0.850. The summed E-state index contributed by atoms with van der Waals surface area (Å²) in [6.07, 6.45) is 4.76. The van der Waals surface area contributed by atoms with Crippen molar-refractivity contribution in [1.82, 2.24) is 15.5 Å². The first-order chi connectivity index (χ1) is 11.3. The molecule has 2 fully saturated rings. The molecule has 0 radical (unpaired) electrons. The maximum absolute atomic E-state index is 5.71. The first kappa shape index (κ1) is 18.5. The van der Waals surface area contributed by atoms with Gasteiger partial charge in [-0.3, -0.25) is 4.99 Å². The third kappa shape index (κ3) is 7.50. The van der Waals surface area contributed by atoms with Crippen molar-refractivity contribution in [3.05, 3.63) is 0 Å². The van der Waals surface area contributed by atoms with Crippen LogP contribution in [-0.2, 0) is 9.47 Å². The molecular weight excluding hydrogens is 292 g/mol. The van der Waals surface area contributed by atoms with Crippen LogP contribution in [0.4, 0.5) is 0 Å². The van der Waals surface area contributed by atoms with Gasteiger partial charge in [0.2, 0.25) is 0 Å². The molecule has 2 aliphatic heterocycles. The third-order valence-electron chi connectivity index (χ3n) is 4.64. The molecule has 2 N–H and O–H groups in total. The number of ether oxygens (including phenoxy) is 2. The zero-order valence-electron chi connectivity index (χ0n) is 14.9. The molecule has 2 heterocycles. The van der Waals surface area contributed by atoms with Crippen LogP contribution in [0, 0.1) is 11.8 Å². The monoisotopic (exact) mass is 326 g/mol. The molecule has 23 heavy (non-hydrogen) atoms. The van der Waals surface area contributed by atoms with Crippen molar-refractivity contribution in [3.8, 4) is 0 Å². The van der Waals surface area contributed by atoms with Gasteiger partial charge in [0.25, 0.3) is 0 Å². The first-order valence-corrected chi connectivity index (χ1v) is 9.06. The summed E-state index contributed by atoms with van der Waals surface area (Å²) in [5.74, 6) is 2.23. The molecule has 0 amide bonds. The molecule has 0 aromatic heterocycles. The van der Waals surface area contributed by atoms with Crippen LogP contribution in [0.15, 0.2) is 4.99 Å². The molecule has 0 spiro atoms. The van der Waals surface area contributed by atoms with E-state index in [4.69, 9.17) is 9.47 Å². The van der Waals surface area contributed by atoms with Crippen molar-refractivity contribution in [1.29, 1.82) is 0 Å². The van der Waals surface area contributed by atoms with Crippen molar-refractivity contribution in [2.24, 2.45) is 16.8 Å². The smallest absolute Gasteiger partial charge is 0.190 e. The van der Waals surface area contributed by atoms with Crippen LogP contribution in [0.2, 0.25) is 0 Å². The Balaban J connectivity index is 1.47. The Morgan fingerprint density at radius 1 is 1.30 bits per heavy atom. The van der Waals surface area contributed by atoms with Gasteiger partial charge in [-0.25, -0.2) is 0 Å². The van der Waals surface area contributed by atoms with Gasteiger partial charge in [0.05, 0.1) is 13.2 Å². The van der Waals surface area contributed by atoms with Crippen molar-refractivity contribution in [2.45, 2.75) is 25.7 Å². The maximum Gasteiger partial charge on any atom is 0.190 e. The second kappa shape index (κ2) is 10.8. The Labute approximate surface area is 141 Å². The molecule has 0 bridgehead atoms. The van der Waals surface area contributed by atoms with E-state index in [-0.39, 0.29) is 0 Å². The van der Waals surface area contributed by atoms with Crippen LogP contribution < -0.4 is 10.6 Å². The Kier molecular flexibility index (Phi) is 8.71. The van der Waals surface area contributed by atoms with Gasteiger partial charge in [-0.15, -0.1) is 0 Å². The molecule has 6 nitrogen and oxygen atoms in total. The summed E-state index contributed by atoms with van der Waals surface area (Å²) in [6.45, 7) is 7.71. The molecule has 2 saturated heterocycles. The summed E-state index contributed by atoms with van der Waals surface area (Å²) in [6, 6.07) is 0. The number of aliphatic imine (C=N–C) groups is 1. The largest absolute Gasteiger partial charge is 0.381 e. The average molecular weight is 326 g/mol. The predicted molar refractivity (Wildman–Crippen MR) is 93.9 cm³/mol. The van der Waals surface area contributed by atoms with Gasteiger partial charge in [0, 0.05) is 45.8 Å². The molecule has 2 aliphatic rings. The Morgan fingerprint density at radius 2 is 2.22 bits per heavy atom. The number of piperidine rings is 1. The second-order valence-electron chi connectivity index (χ2n) is 6.81. The molecule has 0 saturated carbocycles. The first-order valence-electron chi connectivity index (χ1n) is 9.06. The van der Waals surface area contributed by atoms with Gasteiger partial charge in [-0.05, 0) is 45.2 Å². The normalized spacial score (nSPS) is 26.4. The van der Waals surface area contributed by atoms with Gasteiger partial charge < -0.3 is 25.0 Å². The summed E-state index contributed by atoms with van der Waals surface area (Å²) in [5, 5.41) is 6.82. The molecule has 6 heteroatoms. The van der Waals surface area contributed by atoms with E-state index in [9.17, 15) is 0 Å². The lowest BCUT2D eigenvalue weighted by Gasteiger charge is -2.30. The van der Waals surface area contributed by atoms with E-state index in [1.54, 1.807) is 0 Å². The highest BCUT2D eigenvalue weighted by molar-refractivity contribution is 5.79. The van der Waals surface area contributed by atoms with E-state index in [1.807, 2.05) is 7.05 Å². The predicted octanol–water partition coefficient (Wildman–Crippen LogP) is 0.936. The van der Waals surface area contributed by atoms with Crippen LogP contribution in [0.1, 0.15) is 25.7 Å². The van der Waals surface area contributed by atoms with Gasteiger partial charge >= 0.3 is 0 Å². The van der Waals surface area contributed by atoms with Gasteiger partial charge in [-0.2, -0.15) is 0 Å². The van der Waals surface area contributed by atoms with Gasteiger partial charge in [0.15, 0.2) is 5.96 Å². The maximum atomic E-state index is 5.71. The van der Waals surface area contributed by atoms with Crippen molar-refractivity contribution in [3.63, 3.8) is 0 Å². The highest BCUT2D eigenvalue weighted by Crippen LogP contribution is 2.14. The number of likely N-dealkylation sites (tertiary alicyclic amines) is 1. The van der Waals surface area contributed by atoms with Crippen LogP contribution in [0.5, 0.6) is 0 Å². The Morgan fingerprint density at radius 3 is 2.96 bits per heavy atom. The summed E-state index contributed by atoms with van der Waals surface area (Å²) < 4.78 is 11.1. The number of hydrogen-bond donors (Lipinski definition) is 2. The summed E-state index contributed by atoms with van der Waals surface area (Å²) >= 11 is 0. The van der Waals surface area contributed by atoms with E-state index < -0.39 is 0 Å². The molecule has 2 unspecified atom stereocenters. The van der Waals surface area contributed by atoms with Gasteiger partial charge in [-0.1, -0.05) is 0 Å². The van der Waals surface area contributed by atoms with E-state index in [2.05, 4.69) is 27.6 Å². The summed E-state index contributed by atoms with van der Waals surface area (Å²) in [4.78, 5) is 6.71. The lowest BCUT2D eigenvalue weighted by molar-refractivity contribution is 0.0888. The van der Waals surface area contributed by atoms with Crippen LogP contribution in [-0.4, -0.2) is 77.6 Å². The molecule has 134 valence electrons. The molecule has 0 aromatic rings. The molecular formula is C17H34N4O2. The third-order valence-corrected chi connectivity index (χ3v) is 4.64.